The van der Waals surface area contributed by atoms with E-state index in [9.17, 15) is 20.0 Å². The van der Waals surface area contributed by atoms with Crippen LogP contribution in [-0.4, -0.2) is 116 Å². The van der Waals surface area contributed by atoms with E-state index in [0.717, 1.165) is 55.2 Å². The van der Waals surface area contributed by atoms with Gasteiger partial charge in [0, 0.05) is 23.7 Å². The van der Waals surface area contributed by atoms with Crippen molar-refractivity contribution in [3.05, 3.63) is 30.1 Å². The molecule has 2 aliphatic carbocycles. The van der Waals surface area contributed by atoms with Crippen LogP contribution in [0.25, 0.3) is 22.2 Å². The molecular formula is C29H38N10O10P2S2. The highest BCUT2D eigenvalue weighted by molar-refractivity contribution is 8.07. The maximum absolute atomic E-state index is 11.7. The second-order valence-electron chi connectivity index (χ2n) is 14.0. The fourth-order valence-electron chi connectivity index (χ4n) is 7.32. The molecule has 0 amide bonds. The lowest BCUT2D eigenvalue weighted by Gasteiger charge is -2.28. The monoisotopic (exact) mass is 812 g/mol. The van der Waals surface area contributed by atoms with Crippen LogP contribution < -0.4 is 16.8 Å². The van der Waals surface area contributed by atoms with E-state index in [1.165, 1.54) is 17.2 Å². The van der Waals surface area contributed by atoms with Crippen molar-refractivity contribution in [3.63, 3.8) is 0 Å². The van der Waals surface area contributed by atoms with Crippen molar-refractivity contribution in [1.29, 1.82) is 0 Å². The first-order valence-electron chi connectivity index (χ1n) is 17.1. The summed E-state index contributed by atoms with van der Waals surface area (Å²) in [6.07, 6.45) is -0.108. The Morgan fingerprint density at radius 2 is 1.60 bits per heavy atom. The van der Waals surface area contributed by atoms with E-state index in [4.69, 9.17) is 62.6 Å². The number of hydrogen-bond acceptors (Lipinski definition) is 18. The number of hydrogen-bond donors (Lipinski definition) is 7. The molecular weight excluding hydrogens is 774 g/mol. The third-order valence-corrected chi connectivity index (χ3v) is 13.4. The van der Waals surface area contributed by atoms with Gasteiger partial charge in [-0.3, -0.25) is 13.6 Å². The van der Waals surface area contributed by atoms with Gasteiger partial charge in [0.2, 0.25) is 5.95 Å². The van der Waals surface area contributed by atoms with Crippen LogP contribution in [0, 0.1) is 0 Å². The molecule has 3 saturated heterocycles. The molecule has 0 aromatic carbocycles. The van der Waals surface area contributed by atoms with Gasteiger partial charge in [-0.05, 0) is 67.7 Å². The molecule has 4 aromatic rings. The zero-order valence-electron chi connectivity index (χ0n) is 27.9. The number of nitrogens with two attached hydrogens (primary N) is 2. The molecule has 20 nitrogen and oxygen atoms in total. The van der Waals surface area contributed by atoms with Crippen molar-refractivity contribution in [2.45, 2.75) is 93.1 Å². The molecule has 9 rings (SSSR count). The minimum atomic E-state index is -4.20. The summed E-state index contributed by atoms with van der Waals surface area (Å²) in [7, 11) is 0. The number of anilines is 2. The molecule has 286 valence electrons. The molecule has 0 spiro atoms. The molecule has 3 aliphatic heterocycles. The Balaban J connectivity index is 1.01. The minimum absolute atomic E-state index is 0.0803. The fourth-order valence-corrected chi connectivity index (χ4v) is 10.2. The number of aromatic nitrogens is 7. The molecule has 53 heavy (non-hydrogen) atoms. The van der Waals surface area contributed by atoms with E-state index in [0.29, 0.717) is 12.2 Å². The van der Waals surface area contributed by atoms with Gasteiger partial charge < -0.3 is 59.9 Å². The largest absolute Gasteiger partial charge is 0.387 e. The molecule has 24 heteroatoms. The molecule has 5 aliphatic rings. The predicted molar refractivity (Wildman–Crippen MR) is 193 cm³/mol. The molecule has 9 N–H and O–H groups in total. The summed E-state index contributed by atoms with van der Waals surface area (Å²) >= 11 is 10.8. The first-order valence-corrected chi connectivity index (χ1v) is 22.3. The van der Waals surface area contributed by atoms with E-state index in [1.807, 2.05) is 6.20 Å². The number of nitrogen functional groups attached to an aromatic ring is 1. The third kappa shape index (κ3) is 6.80. The Hall–Kier alpha value is -2.37. The summed E-state index contributed by atoms with van der Waals surface area (Å²) in [5.74, 6) is 0.281. The lowest BCUT2D eigenvalue weighted by atomic mass is 10.1. The number of aliphatic hydroxyl groups excluding tert-OH is 2. The summed E-state index contributed by atoms with van der Waals surface area (Å²) in [4.78, 5) is 44.9. The van der Waals surface area contributed by atoms with Crippen LogP contribution >= 0.6 is 13.4 Å². The van der Waals surface area contributed by atoms with Crippen LogP contribution in [0.15, 0.2) is 18.9 Å². The van der Waals surface area contributed by atoms with Gasteiger partial charge in [-0.15, -0.1) is 0 Å². The molecule has 4 aromatic heterocycles. The predicted octanol–water partition coefficient (Wildman–Crippen LogP) is 0.403. The van der Waals surface area contributed by atoms with Gasteiger partial charge in [0.1, 0.15) is 54.1 Å². The van der Waals surface area contributed by atoms with Crippen LogP contribution in [0.5, 0.6) is 0 Å². The first-order chi connectivity index (χ1) is 25.3. The molecule has 0 radical (unpaired) electrons. The number of imidazole rings is 1. The van der Waals surface area contributed by atoms with Gasteiger partial charge in [-0.2, -0.15) is 9.97 Å². The third-order valence-electron chi connectivity index (χ3n) is 10.3. The van der Waals surface area contributed by atoms with Crippen LogP contribution in [0.1, 0.15) is 49.4 Å². The quantitative estimate of drug-likeness (QED) is 0.134. The van der Waals surface area contributed by atoms with Gasteiger partial charge >= 0.3 is 13.4 Å². The minimum Gasteiger partial charge on any atom is -0.387 e. The molecule has 2 unspecified atom stereocenters. The molecule has 2 bridgehead atoms. The van der Waals surface area contributed by atoms with E-state index >= 15 is 0 Å². The first kappa shape index (κ1) is 36.3. The average Bonchev–Trinajstić information content (AvgIpc) is 3.31. The van der Waals surface area contributed by atoms with Gasteiger partial charge in [0.05, 0.1) is 25.2 Å². The van der Waals surface area contributed by atoms with E-state index in [-0.39, 0.29) is 28.5 Å². The zero-order valence-corrected chi connectivity index (χ0v) is 31.4. The summed E-state index contributed by atoms with van der Waals surface area (Å²) in [5, 5.41) is 27.1. The van der Waals surface area contributed by atoms with Crippen LogP contribution in [0.2, 0.25) is 0 Å². The topological polar surface area (TPSA) is 275 Å². The maximum atomic E-state index is 11.7. The van der Waals surface area contributed by atoms with Crippen molar-refractivity contribution < 1.29 is 47.6 Å². The molecule has 10 atom stereocenters. The van der Waals surface area contributed by atoms with Gasteiger partial charge in [-0.25, -0.2) is 15.0 Å². The van der Waals surface area contributed by atoms with Crippen molar-refractivity contribution >= 4 is 71.0 Å². The number of ether oxygens (including phenoxy) is 2. The number of nitrogens with zero attached hydrogens (tertiary/aromatic N) is 7. The highest BCUT2D eigenvalue weighted by Gasteiger charge is 2.52. The highest BCUT2D eigenvalue weighted by Crippen LogP contribution is 2.54. The summed E-state index contributed by atoms with van der Waals surface area (Å²) < 4.78 is 39.0. The Kier molecular flexibility index (Phi) is 9.16. The second kappa shape index (κ2) is 13.4. The summed E-state index contributed by atoms with van der Waals surface area (Å²) in [6.45, 7) is -8.86. The Labute approximate surface area is 311 Å². The van der Waals surface area contributed by atoms with E-state index < -0.39 is 75.7 Å². The number of aryl methyl sites for hydroxylation is 2. The maximum Gasteiger partial charge on any atom is 0.325 e. The standard InChI is InChI=1S/C29H38N10O10P2S2/c30-23-18-25(37-28(36-23)32-10-29(31)5-6-29)39(12-35-18)27-22-19(40)15(46-27)8-44-50(42,52)48-21-16(9-45-51(43,53)49-22)47-26(20(21)41)38-7-13-3-1-2-4-14-17(13)24(38)34-11-33-14/h7,11-12,15-16,19-22,26-27,40-41H,1-6,8-10,31H2,(H,42,52)(H,43,53)(H3,30,32,36,37)/t15-,16-,19-,20-,21-,22-,26-,27-,50?,51?/m1/s1. The van der Waals surface area contributed by atoms with E-state index in [2.05, 4.69) is 30.2 Å². The van der Waals surface area contributed by atoms with Crippen LogP contribution in [0.3, 0.4) is 0 Å². The lowest BCUT2D eigenvalue weighted by Crippen LogP contribution is -2.36. The number of fused-ring (bicyclic) bond motifs is 4. The van der Waals surface area contributed by atoms with Gasteiger partial charge in [0.15, 0.2) is 23.9 Å². The van der Waals surface area contributed by atoms with Crippen LogP contribution in [0.4, 0.5) is 11.8 Å². The summed E-state index contributed by atoms with van der Waals surface area (Å²) in [5.41, 5.74) is 15.1. The van der Waals surface area contributed by atoms with Crippen molar-refractivity contribution in [3.8, 4) is 0 Å². The zero-order chi connectivity index (χ0) is 36.9. The second-order valence-corrected chi connectivity index (χ2v) is 19.6. The Morgan fingerprint density at radius 1 is 0.887 bits per heavy atom. The number of nitrogens with one attached hydrogen (secondary N) is 1. The smallest absolute Gasteiger partial charge is 0.325 e. The normalized spacial score (nSPS) is 37.1. The Morgan fingerprint density at radius 3 is 2.38 bits per heavy atom. The fraction of sp³-hybridized carbons (Fsp3) is 0.621. The van der Waals surface area contributed by atoms with Gasteiger partial charge in [-0.1, -0.05) is 0 Å². The average molecular weight is 813 g/mol. The van der Waals surface area contributed by atoms with Crippen molar-refractivity contribution in [1.82, 2.24) is 34.1 Å². The highest BCUT2D eigenvalue weighted by atomic mass is 32.5. The number of aliphatic hydroxyl groups is 2. The SMILES string of the molecule is Nc1nc(NCC2(N)CC2)nc2c1ncn2[C@@H]1O[C@@H]2COP(O)(=S)O[C@H]3[C@@H](O)[C@H](n4cc5c6c(ncnc64)CCCC5)O[C@@H]3COP(O)(=S)O[C@@H]1[C@@H]2O. The van der Waals surface area contributed by atoms with Crippen LogP contribution in [-0.2, 0) is 64.0 Å². The number of rotatable bonds is 5. The molecule has 4 fully saturated rings. The van der Waals surface area contributed by atoms with Gasteiger partial charge in [0.25, 0.3) is 0 Å². The van der Waals surface area contributed by atoms with Crippen molar-refractivity contribution in [2.24, 2.45) is 5.73 Å². The molecule has 1 saturated carbocycles. The summed E-state index contributed by atoms with van der Waals surface area (Å²) in [6, 6.07) is 0. The molecule has 7 heterocycles. The lowest BCUT2D eigenvalue weighted by molar-refractivity contribution is -0.0606. The Bertz CT molecular complexity index is 2170. The van der Waals surface area contributed by atoms with E-state index in [1.54, 1.807) is 4.57 Å². The van der Waals surface area contributed by atoms with Crippen molar-refractivity contribution in [2.75, 3.05) is 30.8 Å².